The minimum Gasteiger partial charge on any atom is -0.503 e. The van der Waals surface area contributed by atoms with Gasteiger partial charge in [-0.2, -0.15) is 0 Å². The highest BCUT2D eigenvalue weighted by molar-refractivity contribution is 5.49. The molecule has 0 aromatic heterocycles. The zero-order valence-corrected chi connectivity index (χ0v) is 5.64. The van der Waals surface area contributed by atoms with Crippen LogP contribution in [0.2, 0.25) is 0 Å². The summed E-state index contributed by atoms with van der Waals surface area (Å²) in [5, 5.41) is 8.64. The molecule has 0 fully saturated rings. The van der Waals surface area contributed by atoms with Crippen molar-refractivity contribution in [3.63, 3.8) is 0 Å². The molecule has 1 nitrogen and oxygen atoms in total. The molecule has 0 radical (unpaired) electrons. The fourth-order valence-electron chi connectivity index (χ4n) is 0.703. The van der Waals surface area contributed by atoms with E-state index in [1.54, 1.807) is 0 Å². The lowest BCUT2D eigenvalue weighted by Gasteiger charge is -1.98. The van der Waals surface area contributed by atoms with E-state index in [1.807, 2.05) is 0 Å². The topological polar surface area (TPSA) is 20.2 Å². The van der Waals surface area contributed by atoms with Crippen molar-refractivity contribution < 1.29 is 13.9 Å². The maximum Gasteiger partial charge on any atom is 0.187 e. The van der Waals surface area contributed by atoms with Crippen LogP contribution in [0.3, 0.4) is 0 Å². The Hall–Kier alpha value is -1.38. The molecule has 0 aliphatic carbocycles. The van der Waals surface area contributed by atoms with E-state index in [9.17, 15) is 8.78 Å². The summed E-state index contributed by atoms with van der Waals surface area (Å²) >= 11 is 0. The summed E-state index contributed by atoms with van der Waals surface area (Å²) in [4.78, 5) is 0. The van der Waals surface area contributed by atoms with Gasteiger partial charge in [0.05, 0.1) is 0 Å². The van der Waals surface area contributed by atoms with Gasteiger partial charge in [0, 0.05) is 0 Å². The number of rotatable bonds is 1. The van der Waals surface area contributed by atoms with Crippen LogP contribution in [0.4, 0.5) is 8.78 Å². The Labute approximate surface area is 62.6 Å². The molecule has 1 N–H and O–H groups in total. The number of phenolic OH excluding ortho intramolecular Hbond substituents is 1. The predicted octanol–water partition coefficient (Wildman–Crippen LogP) is 2.31. The van der Waals surface area contributed by atoms with Gasteiger partial charge >= 0.3 is 0 Å². The molecule has 0 unspecified atom stereocenters. The molecule has 1 aromatic rings. The van der Waals surface area contributed by atoms with Crippen LogP contribution in [0, 0.1) is 11.6 Å². The van der Waals surface area contributed by atoms with Crippen LogP contribution in [-0.4, -0.2) is 5.11 Å². The van der Waals surface area contributed by atoms with E-state index in [1.165, 1.54) is 6.08 Å². The van der Waals surface area contributed by atoms with Crippen LogP contribution in [0.1, 0.15) is 5.56 Å². The first-order valence-electron chi connectivity index (χ1n) is 2.95. The van der Waals surface area contributed by atoms with Crippen molar-refractivity contribution >= 4 is 6.08 Å². The number of benzene rings is 1. The van der Waals surface area contributed by atoms with E-state index in [4.69, 9.17) is 5.11 Å². The van der Waals surface area contributed by atoms with Gasteiger partial charge in [0.25, 0.3) is 0 Å². The number of aromatic hydroxyl groups is 1. The molecule has 0 saturated carbocycles. The fourth-order valence-corrected chi connectivity index (χ4v) is 0.703. The van der Waals surface area contributed by atoms with Gasteiger partial charge in [-0.25, -0.2) is 8.78 Å². The summed E-state index contributed by atoms with van der Waals surface area (Å²) in [6.07, 6.45) is 1.30. The summed E-state index contributed by atoms with van der Waals surface area (Å²) in [5.74, 6) is -2.89. The van der Waals surface area contributed by atoms with Crippen LogP contribution >= 0.6 is 0 Å². The maximum absolute atomic E-state index is 12.5. The summed E-state index contributed by atoms with van der Waals surface area (Å²) in [6, 6.07) is 2.01. The first kappa shape index (κ1) is 7.72. The minimum absolute atomic E-state index is 0.304. The SMILES string of the molecule is C=Cc1cc(F)c(O)c(F)c1. The molecule has 0 heterocycles. The van der Waals surface area contributed by atoms with Gasteiger partial charge in [0.15, 0.2) is 17.4 Å². The summed E-state index contributed by atoms with van der Waals surface area (Å²) in [7, 11) is 0. The zero-order valence-electron chi connectivity index (χ0n) is 5.64. The van der Waals surface area contributed by atoms with Crippen molar-refractivity contribution in [1.29, 1.82) is 0 Å². The second kappa shape index (κ2) is 2.70. The third kappa shape index (κ3) is 1.37. The molecule has 1 aromatic carbocycles. The standard InChI is InChI=1S/C8H6F2O/c1-2-5-3-6(9)8(11)7(10)4-5/h2-4,11H,1H2. The summed E-state index contributed by atoms with van der Waals surface area (Å²) in [6.45, 7) is 3.33. The van der Waals surface area contributed by atoms with Gasteiger partial charge in [-0.3, -0.25) is 0 Å². The molecule has 0 atom stereocenters. The van der Waals surface area contributed by atoms with E-state index in [0.717, 1.165) is 12.1 Å². The van der Waals surface area contributed by atoms with Gasteiger partial charge in [0.1, 0.15) is 0 Å². The molecule has 0 saturated heterocycles. The monoisotopic (exact) mass is 156 g/mol. The molecular formula is C8H6F2O. The lowest BCUT2D eigenvalue weighted by atomic mass is 10.2. The highest BCUT2D eigenvalue weighted by atomic mass is 19.1. The third-order valence-corrected chi connectivity index (χ3v) is 1.27. The van der Waals surface area contributed by atoms with Crippen LogP contribution < -0.4 is 0 Å². The van der Waals surface area contributed by atoms with E-state index in [-0.39, 0.29) is 0 Å². The zero-order chi connectivity index (χ0) is 8.43. The molecule has 0 aliphatic heterocycles. The first-order valence-corrected chi connectivity index (χ1v) is 2.95. The molecule has 0 amide bonds. The number of hydrogen-bond acceptors (Lipinski definition) is 1. The Bertz CT molecular complexity index is 271. The molecule has 11 heavy (non-hydrogen) atoms. The van der Waals surface area contributed by atoms with Gasteiger partial charge in [-0.1, -0.05) is 12.7 Å². The first-order chi connectivity index (χ1) is 5.15. The number of hydrogen-bond donors (Lipinski definition) is 1. The number of halogens is 2. The molecule has 0 bridgehead atoms. The lowest BCUT2D eigenvalue weighted by molar-refractivity contribution is 0.396. The summed E-state index contributed by atoms with van der Waals surface area (Å²) < 4.78 is 25.0. The quantitative estimate of drug-likeness (QED) is 0.661. The van der Waals surface area contributed by atoms with Crippen molar-refractivity contribution in [2.24, 2.45) is 0 Å². The molecule has 0 spiro atoms. The van der Waals surface area contributed by atoms with Gasteiger partial charge in [0.2, 0.25) is 0 Å². The average molecular weight is 156 g/mol. The van der Waals surface area contributed by atoms with Crippen molar-refractivity contribution in [2.75, 3.05) is 0 Å². The van der Waals surface area contributed by atoms with Crippen LogP contribution in [0.5, 0.6) is 5.75 Å². The van der Waals surface area contributed by atoms with E-state index in [2.05, 4.69) is 6.58 Å². The molecule has 0 aliphatic rings. The highest BCUT2D eigenvalue weighted by Gasteiger charge is 2.06. The fraction of sp³-hybridized carbons (Fsp3) is 0. The van der Waals surface area contributed by atoms with Crippen LogP contribution in [0.15, 0.2) is 18.7 Å². The molecular weight excluding hydrogens is 150 g/mol. The Morgan fingerprint density at radius 1 is 1.27 bits per heavy atom. The Morgan fingerprint density at radius 2 is 1.73 bits per heavy atom. The Kier molecular flexibility index (Phi) is 1.89. The Morgan fingerprint density at radius 3 is 2.09 bits per heavy atom. The predicted molar refractivity (Wildman–Crippen MR) is 38.1 cm³/mol. The molecule has 58 valence electrons. The van der Waals surface area contributed by atoms with Gasteiger partial charge in [-0.15, -0.1) is 0 Å². The Balaban J connectivity index is 3.31. The third-order valence-electron chi connectivity index (χ3n) is 1.27. The average Bonchev–Trinajstić information content (AvgIpc) is 1.99. The second-order valence-corrected chi connectivity index (χ2v) is 2.04. The summed E-state index contributed by atoms with van der Waals surface area (Å²) in [5.41, 5.74) is 0.304. The van der Waals surface area contributed by atoms with Gasteiger partial charge < -0.3 is 5.11 Å². The van der Waals surface area contributed by atoms with E-state index in [0.29, 0.717) is 5.56 Å². The maximum atomic E-state index is 12.5. The van der Waals surface area contributed by atoms with Crippen molar-refractivity contribution in [3.8, 4) is 5.75 Å². The highest BCUT2D eigenvalue weighted by Crippen LogP contribution is 2.21. The normalized spacial score (nSPS) is 9.64. The molecule has 1 rings (SSSR count). The van der Waals surface area contributed by atoms with E-state index >= 15 is 0 Å². The van der Waals surface area contributed by atoms with Crippen LogP contribution in [-0.2, 0) is 0 Å². The smallest absolute Gasteiger partial charge is 0.187 e. The van der Waals surface area contributed by atoms with Crippen LogP contribution in [0.25, 0.3) is 6.08 Å². The second-order valence-electron chi connectivity index (χ2n) is 2.04. The van der Waals surface area contributed by atoms with E-state index < -0.39 is 17.4 Å². The largest absolute Gasteiger partial charge is 0.503 e. The van der Waals surface area contributed by atoms with Gasteiger partial charge in [-0.05, 0) is 17.7 Å². The van der Waals surface area contributed by atoms with Crippen molar-refractivity contribution in [2.45, 2.75) is 0 Å². The van der Waals surface area contributed by atoms with Crippen molar-refractivity contribution in [1.82, 2.24) is 0 Å². The minimum atomic E-state index is -0.972. The molecule has 3 heteroatoms. The van der Waals surface area contributed by atoms with Crippen molar-refractivity contribution in [3.05, 3.63) is 35.9 Å². The lowest BCUT2D eigenvalue weighted by Crippen LogP contribution is -1.84. The number of phenols is 1.